The largest absolute Gasteiger partial charge is 0.365 e. The second-order valence-corrected chi connectivity index (χ2v) is 7.11. The Morgan fingerprint density at radius 2 is 2.07 bits per heavy atom. The maximum absolute atomic E-state index is 11.9. The Balaban J connectivity index is 1.60. The minimum absolute atomic E-state index is 0.225. The lowest BCUT2D eigenvalue weighted by Crippen LogP contribution is -2.24. The number of nitrogens with zero attached hydrogens (tertiary/aromatic N) is 6. The monoisotopic (exact) mass is 393 g/mol. The molecule has 2 aromatic heterocycles. The van der Waals surface area contributed by atoms with Gasteiger partial charge in [0.05, 0.1) is 5.69 Å². The molecule has 0 unspecified atom stereocenters. The van der Waals surface area contributed by atoms with Gasteiger partial charge in [-0.25, -0.2) is 4.98 Å². The van der Waals surface area contributed by atoms with Crippen LogP contribution >= 0.6 is 0 Å². The molecule has 1 aliphatic rings. The van der Waals surface area contributed by atoms with E-state index < -0.39 is 5.91 Å². The molecule has 10 nitrogen and oxygen atoms in total. The van der Waals surface area contributed by atoms with E-state index in [9.17, 15) is 4.79 Å². The van der Waals surface area contributed by atoms with Gasteiger partial charge in [-0.15, -0.1) is 5.10 Å². The van der Waals surface area contributed by atoms with E-state index in [2.05, 4.69) is 36.1 Å². The minimum Gasteiger partial charge on any atom is -0.365 e. The first kappa shape index (κ1) is 18.8. The van der Waals surface area contributed by atoms with E-state index in [1.54, 1.807) is 4.68 Å². The summed E-state index contributed by atoms with van der Waals surface area (Å²) in [6.07, 6.45) is 7.31. The second kappa shape index (κ2) is 8.21. The standard InChI is InChI=1S/C19H23N9O/c1-12-25-26-27-28(12)15-9-5-8-14(10-15)22-18-16(17(20)29)11-21-19(24-18)23-13-6-3-2-4-7-13/h5,8-11,13H,2-4,6-7H2,1H3,(H2,20,29)(H2,21,22,23,24). The van der Waals surface area contributed by atoms with E-state index in [0.29, 0.717) is 23.6 Å². The van der Waals surface area contributed by atoms with Gasteiger partial charge in [-0.3, -0.25) is 4.79 Å². The summed E-state index contributed by atoms with van der Waals surface area (Å²) in [5.41, 5.74) is 7.25. The molecule has 1 aliphatic carbocycles. The lowest BCUT2D eigenvalue weighted by Gasteiger charge is -2.23. The van der Waals surface area contributed by atoms with Crippen molar-refractivity contribution in [2.75, 3.05) is 10.6 Å². The van der Waals surface area contributed by atoms with E-state index in [4.69, 9.17) is 5.73 Å². The smallest absolute Gasteiger partial charge is 0.254 e. The normalized spacial score (nSPS) is 14.5. The third-order valence-corrected chi connectivity index (χ3v) is 4.97. The van der Waals surface area contributed by atoms with Crippen LogP contribution in [-0.2, 0) is 0 Å². The fourth-order valence-electron chi connectivity index (χ4n) is 3.48. The molecule has 0 radical (unpaired) electrons. The molecule has 1 amide bonds. The number of benzene rings is 1. The number of anilines is 3. The molecule has 0 aliphatic heterocycles. The highest BCUT2D eigenvalue weighted by atomic mass is 16.1. The van der Waals surface area contributed by atoms with Crippen molar-refractivity contribution in [2.45, 2.75) is 45.1 Å². The van der Waals surface area contributed by atoms with Crippen molar-refractivity contribution >= 4 is 23.4 Å². The molecule has 3 aromatic rings. The van der Waals surface area contributed by atoms with Gasteiger partial charge in [0, 0.05) is 17.9 Å². The highest BCUT2D eigenvalue weighted by Gasteiger charge is 2.17. The predicted molar refractivity (Wildman–Crippen MR) is 108 cm³/mol. The van der Waals surface area contributed by atoms with Gasteiger partial charge in [0.15, 0.2) is 5.82 Å². The number of amides is 1. The molecule has 1 fully saturated rings. The van der Waals surface area contributed by atoms with Gasteiger partial charge >= 0.3 is 0 Å². The average molecular weight is 393 g/mol. The van der Waals surface area contributed by atoms with E-state index in [-0.39, 0.29) is 5.56 Å². The summed E-state index contributed by atoms with van der Waals surface area (Å²) in [7, 11) is 0. The van der Waals surface area contributed by atoms with Crippen molar-refractivity contribution in [1.29, 1.82) is 0 Å². The molecule has 1 saturated carbocycles. The van der Waals surface area contributed by atoms with Crippen molar-refractivity contribution in [3.63, 3.8) is 0 Å². The van der Waals surface area contributed by atoms with Crippen molar-refractivity contribution in [1.82, 2.24) is 30.2 Å². The van der Waals surface area contributed by atoms with Crippen LogP contribution in [0.3, 0.4) is 0 Å². The van der Waals surface area contributed by atoms with Gasteiger partial charge in [0.25, 0.3) is 5.91 Å². The van der Waals surface area contributed by atoms with Gasteiger partial charge in [-0.05, 0) is 48.4 Å². The highest BCUT2D eigenvalue weighted by Crippen LogP contribution is 2.24. The Bertz CT molecular complexity index is 1010. The average Bonchev–Trinajstić information content (AvgIpc) is 3.15. The van der Waals surface area contributed by atoms with Crippen LogP contribution in [0.25, 0.3) is 5.69 Å². The summed E-state index contributed by atoms with van der Waals surface area (Å²) >= 11 is 0. The Kier molecular flexibility index (Phi) is 5.32. The number of hydrogen-bond donors (Lipinski definition) is 3. The van der Waals surface area contributed by atoms with Crippen molar-refractivity contribution in [2.24, 2.45) is 5.73 Å². The molecule has 0 saturated heterocycles. The molecule has 10 heteroatoms. The van der Waals surface area contributed by atoms with E-state index in [0.717, 1.165) is 24.2 Å². The summed E-state index contributed by atoms with van der Waals surface area (Å²) in [6, 6.07) is 7.83. The molecule has 4 rings (SSSR count). The maximum Gasteiger partial charge on any atom is 0.254 e. The van der Waals surface area contributed by atoms with Crippen molar-refractivity contribution in [3.8, 4) is 5.69 Å². The van der Waals surface area contributed by atoms with Gasteiger partial charge in [0.2, 0.25) is 5.95 Å². The molecule has 0 atom stereocenters. The molecule has 0 spiro atoms. The molecule has 4 N–H and O–H groups in total. The van der Waals surface area contributed by atoms with Gasteiger partial charge < -0.3 is 16.4 Å². The van der Waals surface area contributed by atoms with E-state index in [1.165, 1.54) is 25.5 Å². The number of aromatic nitrogens is 6. The SMILES string of the molecule is Cc1nnnn1-c1cccc(Nc2nc(NC3CCCCC3)ncc2C(N)=O)c1. The van der Waals surface area contributed by atoms with Gasteiger partial charge in [0.1, 0.15) is 11.4 Å². The summed E-state index contributed by atoms with van der Waals surface area (Å²) in [4.78, 5) is 20.6. The van der Waals surface area contributed by atoms with E-state index in [1.807, 2.05) is 31.2 Å². The molecule has 150 valence electrons. The summed E-state index contributed by atoms with van der Waals surface area (Å²) < 4.78 is 1.62. The maximum atomic E-state index is 11.9. The molecular weight excluding hydrogens is 370 g/mol. The zero-order valence-electron chi connectivity index (χ0n) is 16.2. The van der Waals surface area contributed by atoms with Gasteiger partial charge in [-0.1, -0.05) is 25.3 Å². The first-order chi connectivity index (χ1) is 14.1. The lowest BCUT2D eigenvalue weighted by molar-refractivity contribution is 0.100. The number of primary amides is 1. The fraction of sp³-hybridized carbons (Fsp3) is 0.368. The Morgan fingerprint density at radius 3 is 2.79 bits per heavy atom. The Labute approximate surface area is 167 Å². The zero-order valence-corrected chi connectivity index (χ0v) is 16.2. The summed E-state index contributed by atoms with van der Waals surface area (Å²) in [6.45, 7) is 1.82. The Morgan fingerprint density at radius 1 is 1.24 bits per heavy atom. The van der Waals surface area contributed by atoms with Crippen molar-refractivity contribution < 1.29 is 4.79 Å². The van der Waals surface area contributed by atoms with Crippen LogP contribution in [0.1, 0.15) is 48.3 Å². The molecular formula is C19H23N9O. The third-order valence-electron chi connectivity index (χ3n) is 4.97. The first-order valence-electron chi connectivity index (χ1n) is 9.66. The van der Waals surface area contributed by atoms with Crippen LogP contribution in [0.5, 0.6) is 0 Å². The highest BCUT2D eigenvalue weighted by molar-refractivity contribution is 5.98. The lowest BCUT2D eigenvalue weighted by atomic mass is 9.96. The van der Waals surface area contributed by atoms with Crippen LogP contribution < -0.4 is 16.4 Å². The van der Waals surface area contributed by atoms with Crippen LogP contribution in [0, 0.1) is 6.92 Å². The third kappa shape index (κ3) is 4.31. The summed E-state index contributed by atoms with van der Waals surface area (Å²) in [5, 5.41) is 18.1. The first-order valence-corrected chi connectivity index (χ1v) is 9.66. The minimum atomic E-state index is -0.593. The molecule has 29 heavy (non-hydrogen) atoms. The zero-order chi connectivity index (χ0) is 20.2. The number of tetrazole rings is 1. The number of nitrogens with one attached hydrogen (secondary N) is 2. The number of nitrogens with two attached hydrogens (primary N) is 1. The molecule has 1 aromatic carbocycles. The summed E-state index contributed by atoms with van der Waals surface area (Å²) in [5.74, 6) is 0.915. The van der Waals surface area contributed by atoms with Crippen LogP contribution in [-0.4, -0.2) is 42.1 Å². The predicted octanol–water partition coefficient (Wildman–Crippen LogP) is 2.35. The van der Waals surface area contributed by atoms with Gasteiger partial charge in [-0.2, -0.15) is 9.67 Å². The number of carbonyl (C=O) groups excluding carboxylic acids is 1. The molecule has 2 heterocycles. The van der Waals surface area contributed by atoms with Crippen molar-refractivity contribution in [3.05, 3.63) is 41.9 Å². The quantitative estimate of drug-likeness (QED) is 0.580. The number of rotatable bonds is 6. The van der Waals surface area contributed by atoms with Crippen LogP contribution in [0.4, 0.5) is 17.5 Å². The van der Waals surface area contributed by atoms with Crippen LogP contribution in [0.2, 0.25) is 0 Å². The van der Waals surface area contributed by atoms with E-state index >= 15 is 0 Å². The number of aryl methyl sites for hydroxylation is 1. The Hall–Kier alpha value is -3.56. The molecule has 0 bridgehead atoms. The van der Waals surface area contributed by atoms with Crippen LogP contribution in [0.15, 0.2) is 30.5 Å². The fourth-order valence-corrected chi connectivity index (χ4v) is 3.48. The number of carbonyl (C=O) groups is 1. The number of hydrogen-bond acceptors (Lipinski definition) is 8. The second-order valence-electron chi connectivity index (χ2n) is 7.11. The topological polar surface area (TPSA) is 137 Å².